The van der Waals surface area contributed by atoms with Gasteiger partial charge in [-0.05, 0) is 67.6 Å². The highest BCUT2D eigenvalue weighted by atomic mass is 32.1. The van der Waals surface area contributed by atoms with Gasteiger partial charge in [-0.3, -0.25) is 9.59 Å². The third kappa shape index (κ3) is 7.21. The molecule has 0 saturated heterocycles. The zero-order chi connectivity index (χ0) is 29.4. The van der Waals surface area contributed by atoms with E-state index in [1.807, 2.05) is 54.8 Å². The molecular weight excluding hydrogens is 536 g/mol. The molecule has 41 heavy (non-hydrogen) atoms. The van der Waals surface area contributed by atoms with Crippen LogP contribution in [0, 0.1) is 6.92 Å². The first-order valence-corrected chi connectivity index (χ1v) is 14.5. The molecule has 1 heterocycles. The third-order valence-electron chi connectivity index (χ3n) is 6.61. The van der Waals surface area contributed by atoms with Gasteiger partial charge in [0.1, 0.15) is 16.3 Å². The maximum atomic E-state index is 12.9. The summed E-state index contributed by atoms with van der Waals surface area (Å²) in [5.74, 6) is -0.685. The molecule has 0 bridgehead atoms. The molecule has 4 aromatic rings. The Morgan fingerprint density at radius 1 is 0.829 bits per heavy atom. The van der Waals surface area contributed by atoms with Crippen LogP contribution in [-0.2, 0) is 22.4 Å². The van der Waals surface area contributed by atoms with Gasteiger partial charge in [0.15, 0.2) is 6.61 Å². The number of rotatable bonds is 11. The van der Waals surface area contributed by atoms with E-state index in [0.29, 0.717) is 27.4 Å². The molecule has 2 N–H and O–H groups in total. The lowest BCUT2D eigenvalue weighted by Gasteiger charge is -2.14. The smallest absolute Gasteiger partial charge is 0.341 e. The molecule has 0 aliphatic heterocycles. The molecule has 0 fully saturated rings. The Morgan fingerprint density at radius 3 is 2.10 bits per heavy atom. The summed E-state index contributed by atoms with van der Waals surface area (Å²) in [4.78, 5) is 38.5. The van der Waals surface area contributed by atoms with Gasteiger partial charge < -0.3 is 20.1 Å². The molecule has 0 spiro atoms. The molecule has 4 rings (SSSR count). The van der Waals surface area contributed by atoms with Gasteiger partial charge in [0.2, 0.25) is 0 Å². The molecule has 8 heteroatoms. The Balaban J connectivity index is 1.40. The first kappa shape index (κ1) is 29.6. The van der Waals surface area contributed by atoms with Crippen LogP contribution in [0.2, 0.25) is 0 Å². The number of nitrogens with one attached hydrogen (secondary N) is 2. The van der Waals surface area contributed by atoms with E-state index in [-0.39, 0.29) is 19.1 Å². The minimum atomic E-state index is -0.498. The number of hydrogen-bond acceptors (Lipinski definition) is 6. The van der Waals surface area contributed by atoms with Crippen LogP contribution < -0.4 is 15.4 Å². The molecule has 7 nitrogen and oxygen atoms in total. The highest BCUT2D eigenvalue weighted by molar-refractivity contribution is 7.15. The van der Waals surface area contributed by atoms with Crippen molar-refractivity contribution in [2.45, 2.75) is 40.5 Å². The molecule has 0 unspecified atom stereocenters. The van der Waals surface area contributed by atoms with Crippen LogP contribution in [0.5, 0.6) is 5.75 Å². The predicted octanol–water partition coefficient (Wildman–Crippen LogP) is 7.29. The molecule has 0 aliphatic carbocycles. The number of anilines is 2. The normalized spacial score (nSPS) is 10.6. The van der Waals surface area contributed by atoms with Gasteiger partial charge in [0, 0.05) is 22.2 Å². The second kappa shape index (κ2) is 13.8. The average Bonchev–Trinajstić information content (AvgIpc) is 3.40. The van der Waals surface area contributed by atoms with E-state index < -0.39 is 11.9 Å². The Bertz CT molecular complexity index is 1500. The van der Waals surface area contributed by atoms with E-state index in [1.54, 1.807) is 31.2 Å². The van der Waals surface area contributed by atoms with Crippen molar-refractivity contribution >= 4 is 39.8 Å². The maximum Gasteiger partial charge on any atom is 0.341 e. The van der Waals surface area contributed by atoms with Gasteiger partial charge in [-0.15, -0.1) is 11.3 Å². The SMILES string of the molecule is CCOC(=O)c1c(-c2ccc(C)cc2)csc1NC(=O)COc1ccc(C(=O)Nc2c(CC)cccc2CC)cc1. The van der Waals surface area contributed by atoms with Gasteiger partial charge in [-0.1, -0.05) is 61.9 Å². The van der Waals surface area contributed by atoms with E-state index in [9.17, 15) is 14.4 Å². The maximum absolute atomic E-state index is 12.9. The van der Waals surface area contributed by atoms with Gasteiger partial charge in [-0.25, -0.2) is 4.79 Å². The number of ether oxygens (including phenoxy) is 2. The van der Waals surface area contributed by atoms with Crippen molar-refractivity contribution in [3.63, 3.8) is 0 Å². The summed E-state index contributed by atoms with van der Waals surface area (Å²) in [6.45, 7) is 7.81. The van der Waals surface area contributed by atoms with Crippen LogP contribution in [-0.4, -0.2) is 31.0 Å². The first-order chi connectivity index (χ1) is 19.8. The summed E-state index contributed by atoms with van der Waals surface area (Å²) in [6.07, 6.45) is 1.64. The van der Waals surface area contributed by atoms with Crippen molar-refractivity contribution in [3.8, 4) is 16.9 Å². The number of carbonyl (C=O) groups excluding carboxylic acids is 3. The average molecular weight is 571 g/mol. The van der Waals surface area contributed by atoms with Gasteiger partial charge >= 0.3 is 5.97 Å². The third-order valence-corrected chi connectivity index (χ3v) is 7.51. The molecule has 0 aliphatic rings. The molecule has 2 amide bonds. The zero-order valence-corrected chi connectivity index (χ0v) is 24.5. The Morgan fingerprint density at radius 2 is 1.49 bits per heavy atom. The molecule has 0 radical (unpaired) electrons. The monoisotopic (exact) mass is 570 g/mol. The van der Waals surface area contributed by atoms with Crippen LogP contribution >= 0.6 is 11.3 Å². The van der Waals surface area contributed by atoms with E-state index in [1.165, 1.54) is 11.3 Å². The topological polar surface area (TPSA) is 93.7 Å². The number of carbonyl (C=O) groups is 3. The van der Waals surface area contributed by atoms with Crippen molar-refractivity contribution in [2.75, 3.05) is 23.8 Å². The fraction of sp³-hybridized carbons (Fsp3) is 0.242. The number of esters is 1. The number of benzene rings is 3. The molecule has 1 aromatic heterocycles. The summed E-state index contributed by atoms with van der Waals surface area (Å²) in [6, 6.07) is 20.5. The second-order valence-corrected chi connectivity index (χ2v) is 10.3. The lowest BCUT2D eigenvalue weighted by atomic mass is 10.0. The van der Waals surface area contributed by atoms with Crippen LogP contribution in [0.25, 0.3) is 11.1 Å². The minimum absolute atomic E-state index is 0.210. The summed E-state index contributed by atoms with van der Waals surface area (Å²) in [5.41, 5.74) is 6.51. The molecule has 3 aromatic carbocycles. The summed E-state index contributed by atoms with van der Waals surface area (Å²) in [7, 11) is 0. The molecule has 212 valence electrons. The molecule has 0 saturated carbocycles. The van der Waals surface area contributed by atoms with Crippen molar-refractivity contribution in [1.82, 2.24) is 0 Å². The number of aryl methyl sites for hydroxylation is 3. The van der Waals surface area contributed by atoms with Gasteiger partial charge in [0.05, 0.1) is 6.61 Å². The lowest BCUT2D eigenvalue weighted by Crippen LogP contribution is -2.21. The van der Waals surface area contributed by atoms with E-state index in [0.717, 1.165) is 40.8 Å². The van der Waals surface area contributed by atoms with E-state index >= 15 is 0 Å². The van der Waals surface area contributed by atoms with Crippen LogP contribution in [0.3, 0.4) is 0 Å². The van der Waals surface area contributed by atoms with E-state index in [2.05, 4.69) is 24.5 Å². The fourth-order valence-electron chi connectivity index (χ4n) is 4.40. The summed E-state index contributed by atoms with van der Waals surface area (Å²) < 4.78 is 10.9. The Labute approximate surface area is 244 Å². The van der Waals surface area contributed by atoms with Crippen molar-refractivity contribution in [1.29, 1.82) is 0 Å². The molecule has 0 atom stereocenters. The lowest BCUT2D eigenvalue weighted by molar-refractivity contribution is -0.118. The fourth-order valence-corrected chi connectivity index (χ4v) is 5.38. The van der Waals surface area contributed by atoms with Crippen LogP contribution in [0.15, 0.2) is 72.1 Å². The second-order valence-electron chi connectivity index (χ2n) is 9.41. The van der Waals surface area contributed by atoms with Crippen molar-refractivity contribution in [3.05, 3.63) is 99.9 Å². The summed E-state index contributed by atoms with van der Waals surface area (Å²) >= 11 is 1.26. The predicted molar refractivity (Wildman–Crippen MR) is 164 cm³/mol. The Hall–Kier alpha value is -4.43. The van der Waals surface area contributed by atoms with E-state index in [4.69, 9.17) is 9.47 Å². The Kier molecular flexibility index (Phi) is 9.92. The number of hydrogen-bond donors (Lipinski definition) is 2. The van der Waals surface area contributed by atoms with Crippen LogP contribution in [0.1, 0.15) is 58.2 Å². The minimum Gasteiger partial charge on any atom is -0.484 e. The van der Waals surface area contributed by atoms with Crippen LogP contribution in [0.4, 0.5) is 10.7 Å². The standard InChI is InChI=1S/C33H34N2O5S/c1-5-22-9-8-10-23(6-2)30(22)35-31(37)25-15-17-26(18-16-25)40-19-28(36)34-32-29(33(38)39-7-3)27(20-41-32)24-13-11-21(4)12-14-24/h8-18,20H,5-7,19H2,1-4H3,(H,34,36)(H,35,37). The quantitative estimate of drug-likeness (QED) is 0.185. The van der Waals surface area contributed by atoms with Gasteiger partial charge in [-0.2, -0.15) is 0 Å². The van der Waals surface area contributed by atoms with Crippen molar-refractivity contribution in [2.24, 2.45) is 0 Å². The molecular formula is C33H34N2O5S. The highest BCUT2D eigenvalue weighted by Gasteiger charge is 2.23. The van der Waals surface area contributed by atoms with Crippen molar-refractivity contribution < 1.29 is 23.9 Å². The summed E-state index contributed by atoms with van der Waals surface area (Å²) in [5, 5.41) is 8.08. The van der Waals surface area contributed by atoms with Gasteiger partial charge in [0.25, 0.3) is 11.8 Å². The number of para-hydroxylation sites is 1. The highest BCUT2D eigenvalue weighted by Crippen LogP contribution is 2.36. The first-order valence-electron chi connectivity index (χ1n) is 13.6. The number of thiophene rings is 1. The zero-order valence-electron chi connectivity index (χ0n) is 23.7. The number of amides is 2. The largest absolute Gasteiger partial charge is 0.484 e.